The monoisotopic (exact) mass is 177 g/mol. The maximum atomic E-state index is 9.91. The van der Waals surface area contributed by atoms with Gasteiger partial charge in [-0.2, -0.15) is 0 Å². The van der Waals surface area contributed by atoms with Crippen molar-refractivity contribution >= 4 is 5.69 Å². The van der Waals surface area contributed by atoms with E-state index < -0.39 is 0 Å². The van der Waals surface area contributed by atoms with Gasteiger partial charge in [-0.3, -0.25) is 10.3 Å². The summed E-state index contributed by atoms with van der Waals surface area (Å²) in [5, 5.41) is 11.3. The van der Waals surface area contributed by atoms with Crippen molar-refractivity contribution in [1.82, 2.24) is 0 Å². The van der Waals surface area contributed by atoms with Gasteiger partial charge in [-0.15, -0.1) is 0 Å². The molecule has 0 bridgehead atoms. The third kappa shape index (κ3) is 0.985. The van der Waals surface area contributed by atoms with E-state index in [0.29, 0.717) is 5.92 Å². The predicted octanol–water partition coefficient (Wildman–Crippen LogP) is 2.78. The van der Waals surface area contributed by atoms with Crippen molar-refractivity contribution in [3.05, 3.63) is 29.8 Å². The zero-order valence-corrected chi connectivity index (χ0v) is 8.28. The molecule has 2 rings (SSSR count). The third-order valence-corrected chi connectivity index (χ3v) is 3.24. The van der Waals surface area contributed by atoms with Gasteiger partial charge in [0.2, 0.25) is 0 Å². The average molecular weight is 177 g/mol. The number of hydrogen-bond donors (Lipinski definition) is 1. The molecule has 1 heterocycles. The van der Waals surface area contributed by atoms with Gasteiger partial charge in [0, 0.05) is 5.92 Å². The van der Waals surface area contributed by atoms with E-state index in [0.717, 1.165) is 5.69 Å². The van der Waals surface area contributed by atoms with Crippen molar-refractivity contribution in [3.8, 4) is 0 Å². The Kier molecular flexibility index (Phi) is 1.64. The van der Waals surface area contributed by atoms with E-state index in [1.165, 1.54) is 10.6 Å². The summed E-state index contributed by atoms with van der Waals surface area (Å²) in [5.74, 6) is 0.369. The van der Waals surface area contributed by atoms with Gasteiger partial charge in [0.15, 0.2) is 0 Å². The summed E-state index contributed by atoms with van der Waals surface area (Å²) >= 11 is 0. The Morgan fingerprint density at radius 1 is 1.31 bits per heavy atom. The molecule has 2 nitrogen and oxygen atoms in total. The normalized spacial score (nSPS) is 24.6. The number of rotatable bonds is 0. The van der Waals surface area contributed by atoms with Crippen LogP contribution in [0.1, 0.15) is 32.3 Å². The zero-order valence-electron chi connectivity index (χ0n) is 8.28. The van der Waals surface area contributed by atoms with Gasteiger partial charge in [-0.25, -0.2) is 0 Å². The molecule has 2 heteroatoms. The number of hydroxylamine groups is 1. The molecule has 0 saturated carbocycles. The Morgan fingerprint density at radius 2 is 1.92 bits per heavy atom. The highest BCUT2D eigenvalue weighted by molar-refractivity contribution is 5.61. The second-order valence-electron chi connectivity index (χ2n) is 4.25. The lowest BCUT2D eigenvalue weighted by molar-refractivity contribution is 0.170. The molecule has 0 aromatic heterocycles. The van der Waals surface area contributed by atoms with Gasteiger partial charge in [-0.05, 0) is 25.5 Å². The minimum atomic E-state index is -0.191. The fraction of sp³-hybridized carbons (Fsp3) is 0.455. The van der Waals surface area contributed by atoms with Crippen LogP contribution in [0.3, 0.4) is 0 Å². The Morgan fingerprint density at radius 3 is 2.54 bits per heavy atom. The third-order valence-electron chi connectivity index (χ3n) is 3.24. The molecule has 0 aliphatic carbocycles. The van der Waals surface area contributed by atoms with E-state index in [2.05, 4.69) is 26.8 Å². The van der Waals surface area contributed by atoms with Crippen molar-refractivity contribution < 1.29 is 5.21 Å². The van der Waals surface area contributed by atoms with Crippen LogP contribution in [-0.4, -0.2) is 10.7 Å². The fourth-order valence-corrected chi connectivity index (χ4v) is 1.92. The molecule has 0 radical (unpaired) electrons. The largest absolute Gasteiger partial charge is 0.288 e. The molecule has 0 fully saturated rings. The van der Waals surface area contributed by atoms with E-state index in [1.807, 2.05) is 18.2 Å². The number of hydrogen-bond acceptors (Lipinski definition) is 2. The molecule has 1 aromatic rings. The van der Waals surface area contributed by atoms with Gasteiger partial charge >= 0.3 is 0 Å². The molecule has 0 saturated heterocycles. The van der Waals surface area contributed by atoms with Crippen LogP contribution in [0.2, 0.25) is 0 Å². The number of anilines is 1. The smallest absolute Gasteiger partial charge is 0.0682 e. The second kappa shape index (κ2) is 2.48. The summed E-state index contributed by atoms with van der Waals surface area (Å²) < 4.78 is 0. The summed E-state index contributed by atoms with van der Waals surface area (Å²) in [5.41, 5.74) is 1.99. The highest BCUT2D eigenvalue weighted by Gasteiger charge is 2.41. The molecule has 1 aromatic carbocycles. The van der Waals surface area contributed by atoms with E-state index >= 15 is 0 Å². The molecule has 1 N–H and O–H groups in total. The molecule has 1 atom stereocenters. The quantitative estimate of drug-likeness (QED) is 0.658. The maximum Gasteiger partial charge on any atom is 0.0682 e. The van der Waals surface area contributed by atoms with Gasteiger partial charge in [-0.1, -0.05) is 25.1 Å². The highest BCUT2D eigenvalue weighted by atomic mass is 16.5. The fourth-order valence-electron chi connectivity index (χ4n) is 1.92. The Labute approximate surface area is 78.8 Å². The lowest BCUT2D eigenvalue weighted by Gasteiger charge is -2.31. The molecule has 0 spiro atoms. The van der Waals surface area contributed by atoms with Gasteiger partial charge in [0.25, 0.3) is 0 Å². The van der Waals surface area contributed by atoms with Crippen molar-refractivity contribution in [2.45, 2.75) is 32.2 Å². The zero-order chi connectivity index (χ0) is 9.64. The maximum absolute atomic E-state index is 9.91. The lowest BCUT2D eigenvalue weighted by Crippen LogP contribution is -2.40. The highest BCUT2D eigenvalue weighted by Crippen LogP contribution is 2.45. The van der Waals surface area contributed by atoms with Crippen LogP contribution < -0.4 is 5.06 Å². The van der Waals surface area contributed by atoms with Crippen LogP contribution in [0.4, 0.5) is 5.69 Å². The summed E-state index contributed by atoms with van der Waals surface area (Å²) in [6.07, 6.45) is 0. The van der Waals surface area contributed by atoms with Crippen molar-refractivity contribution in [2.24, 2.45) is 0 Å². The van der Waals surface area contributed by atoms with Gasteiger partial charge < -0.3 is 0 Å². The summed E-state index contributed by atoms with van der Waals surface area (Å²) in [7, 11) is 0. The van der Waals surface area contributed by atoms with E-state index in [9.17, 15) is 5.21 Å². The summed E-state index contributed by atoms with van der Waals surface area (Å²) in [4.78, 5) is 0. The topological polar surface area (TPSA) is 23.5 Å². The van der Waals surface area contributed by atoms with E-state index in [-0.39, 0.29) is 5.54 Å². The standard InChI is InChI=1S/C11H15NO/c1-8-9-6-4-5-7-10(9)12(13)11(8,2)3/h4-8,13H,1-3H3. The first-order valence-electron chi connectivity index (χ1n) is 4.63. The van der Waals surface area contributed by atoms with Crippen LogP contribution in [0.5, 0.6) is 0 Å². The molecular formula is C11H15NO. The first kappa shape index (κ1) is 8.57. The first-order chi connectivity index (χ1) is 6.05. The van der Waals surface area contributed by atoms with Crippen LogP contribution in [0.25, 0.3) is 0 Å². The minimum Gasteiger partial charge on any atom is -0.288 e. The Hall–Kier alpha value is -1.02. The van der Waals surface area contributed by atoms with Crippen LogP contribution in [-0.2, 0) is 0 Å². The predicted molar refractivity (Wildman–Crippen MR) is 53.2 cm³/mol. The lowest BCUT2D eigenvalue weighted by atomic mass is 9.88. The van der Waals surface area contributed by atoms with Crippen LogP contribution >= 0.6 is 0 Å². The van der Waals surface area contributed by atoms with Crippen LogP contribution in [0, 0.1) is 0 Å². The summed E-state index contributed by atoms with van der Waals surface area (Å²) in [6, 6.07) is 8.01. The van der Waals surface area contributed by atoms with Gasteiger partial charge in [0.05, 0.1) is 11.2 Å². The first-order valence-corrected chi connectivity index (χ1v) is 4.63. The number of nitrogens with zero attached hydrogens (tertiary/aromatic N) is 1. The van der Waals surface area contributed by atoms with E-state index in [4.69, 9.17) is 0 Å². The molecule has 13 heavy (non-hydrogen) atoms. The number of fused-ring (bicyclic) bond motifs is 1. The SMILES string of the molecule is CC1c2ccccc2N(O)C1(C)C. The summed E-state index contributed by atoms with van der Waals surface area (Å²) in [6.45, 7) is 6.25. The molecule has 1 aliphatic heterocycles. The molecular weight excluding hydrogens is 162 g/mol. The minimum absolute atomic E-state index is 0.191. The number of para-hydroxylation sites is 1. The number of benzene rings is 1. The van der Waals surface area contributed by atoms with E-state index in [1.54, 1.807) is 0 Å². The van der Waals surface area contributed by atoms with Crippen molar-refractivity contribution in [2.75, 3.05) is 5.06 Å². The average Bonchev–Trinajstić information content (AvgIpc) is 2.30. The van der Waals surface area contributed by atoms with Crippen molar-refractivity contribution in [1.29, 1.82) is 0 Å². The van der Waals surface area contributed by atoms with Crippen molar-refractivity contribution in [3.63, 3.8) is 0 Å². The molecule has 1 aliphatic rings. The Balaban J connectivity index is 2.57. The molecule has 0 amide bonds. The van der Waals surface area contributed by atoms with Gasteiger partial charge in [0.1, 0.15) is 0 Å². The molecule has 1 unspecified atom stereocenters. The molecule has 70 valence electrons. The Bertz CT molecular complexity index is 302. The second-order valence-corrected chi connectivity index (χ2v) is 4.25. The van der Waals surface area contributed by atoms with Crippen LogP contribution in [0.15, 0.2) is 24.3 Å².